The monoisotopic (exact) mass is 217 g/mol. The molecule has 0 amide bonds. The third-order valence-corrected chi connectivity index (χ3v) is 4.27. The molecule has 2 nitrogen and oxygen atoms in total. The van der Waals surface area contributed by atoms with Crippen LogP contribution in [0, 0.1) is 18.8 Å². The Morgan fingerprint density at radius 2 is 1.69 bits per heavy atom. The molecular weight excluding hydrogens is 198 g/mol. The molecule has 0 aromatic heterocycles. The van der Waals surface area contributed by atoms with Gasteiger partial charge in [0.25, 0.3) is 0 Å². The number of benzene rings is 1. The summed E-state index contributed by atoms with van der Waals surface area (Å²) in [6.45, 7) is 4.25. The van der Waals surface area contributed by atoms with E-state index in [2.05, 4.69) is 36.5 Å². The number of rotatable bonds is 1. The third kappa shape index (κ3) is 1.57. The average molecular weight is 217 g/mol. The first-order valence-electron chi connectivity index (χ1n) is 6.18. The average Bonchev–Trinajstić information content (AvgIpc) is 2.77. The smallest absolute Gasteiger partial charge is 0.0903 e. The van der Waals surface area contributed by atoms with Gasteiger partial charge in [0.2, 0.25) is 0 Å². The topological polar surface area (TPSA) is 32.3 Å². The van der Waals surface area contributed by atoms with Crippen LogP contribution in [0.2, 0.25) is 0 Å². The van der Waals surface area contributed by atoms with E-state index in [1.165, 1.54) is 5.56 Å². The van der Waals surface area contributed by atoms with E-state index in [1.807, 2.05) is 0 Å². The van der Waals surface area contributed by atoms with Gasteiger partial charge in [0, 0.05) is 0 Å². The van der Waals surface area contributed by atoms with Crippen LogP contribution in [0.1, 0.15) is 24.0 Å². The maximum Gasteiger partial charge on any atom is 0.0903 e. The molecule has 2 N–H and O–H groups in total. The molecule has 1 saturated heterocycles. The zero-order valence-electron chi connectivity index (χ0n) is 9.74. The summed E-state index contributed by atoms with van der Waals surface area (Å²) in [7, 11) is 0. The number of hydrogen-bond donors (Lipinski definition) is 2. The van der Waals surface area contributed by atoms with Crippen molar-refractivity contribution in [3.8, 4) is 0 Å². The van der Waals surface area contributed by atoms with Crippen LogP contribution in [0.3, 0.4) is 0 Å². The van der Waals surface area contributed by atoms with Crippen molar-refractivity contribution in [1.82, 2.24) is 5.32 Å². The van der Waals surface area contributed by atoms with E-state index in [-0.39, 0.29) is 0 Å². The number of aryl methyl sites for hydroxylation is 1. The molecule has 0 radical (unpaired) electrons. The molecule has 2 unspecified atom stereocenters. The van der Waals surface area contributed by atoms with Crippen LogP contribution in [0.15, 0.2) is 24.3 Å². The molecule has 1 aromatic carbocycles. The van der Waals surface area contributed by atoms with Gasteiger partial charge in [-0.2, -0.15) is 0 Å². The summed E-state index contributed by atoms with van der Waals surface area (Å²) < 4.78 is 0. The lowest BCUT2D eigenvalue weighted by atomic mass is 9.90. The lowest BCUT2D eigenvalue weighted by Gasteiger charge is -2.24. The van der Waals surface area contributed by atoms with Gasteiger partial charge in [-0.1, -0.05) is 29.8 Å². The van der Waals surface area contributed by atoms with Gasteiger partial charge in [-0.3, -0.25) is 0 Å². The second-order valence-corrected chi connectivity index (χ2v) is 5.48. The highest BCUT2D eigenvalue weighted by molar-refractivity contribution is 5.28. The van der Waals surface area contributed by atoms with Crippen molar-refractivity contribution in [1.29, 1.82) is 0 Å². The first kappa shape index (κ1) is 10.3. The number of fused-ring (bicyclic) bond motifs is 1. The van der Waals surface area contributed by atoms with Crippen molar-refractivity contribution < 1.29 is 5.11 Å². The van der Waals surface area contributed by atoms with Crippen LogP contribution in [0.25, 0.3) is 0 Å². The van der Waals surface area contributed by atoms with Crippen LogP contribution in [-0.4, -0.2) is 18.2 Å². The molecule has 2 atom stereocenters. The molecule has 2 aliphatic rings. The van der Waals surface area contributed by atoms with Crippen molar-refractivity contribution in [3.05, 3.63) is 35.4 Å². The van der Waals surface area contributed by atoms with E-state index >= 15 is 0 Å². The van der Waals surface area contributed by atoms with Gasteiger partial charge in [0.15, 0.2) is 0 Å². The second kappa shape index (κ2) is 3.57. The molecule has 86 valence electrons. The Bertz CT molecular complexity index is 372. The Hall–Kier alpha value is -0.860. The molecule has 1 aliphatic carbocycles. The molecule has 0 spiro atoms. The third-order valence-electron chi connectivity index (χ3n) is 4.27. The molecule has 1 aliphatic heterocycles. The van der Waals surface area contributed by atoms with Crippen molar-refractivity contribution in [2.45, 2.75) is 25.4 Å². The van der Waals surface area contributed by atoms with E-state index in [0.717, 1.165) is 31.5 Å². The second-order valence-electron chi connectivity index (χ2n) is 5.48. The number of aliphatic hydroxyl groups is 1. The van der Waals surface area contributed by atoms with Crippen LogP contribution in [0.5, 0.6) is 0 Å². The molecule has 1 saturated carbocycles. The van der Waals surface area contributed by atoms with Gasteiger partial charge < -0.3 is 10.4 Å². The molecule has 2 heteroatoms. The molecule has 1 heterocycles. The maximum atomic E-state index is 10.7. The van der Waals surface area contributed by atoms with Crippen molar-refractivity contribution in [2.75, 3.05) is 13.1 Å². The largest absolute Gasteiger partial charge is 0.385 e. The molecule has 3 rings (SSSR count). The lowest BCUT2D eigenvalue weighted by molar-refractivity contribution is 0.0358. The van der Waals surface area contributed by atoms with Crippen LogP contribution in [-0.2, 0) is 5.60 Å². The van der Waals surface area contributed by atoms with E-state index in [0.29, 0.717) is 11.8 Å². The predicted octanol–water partition coefficient (Wildman–Crippen LogP) is 1.81. The highest BCUT2D eigenvalue weighted by Crippen LogP contribution is 2.46. The number of nitrogens with one attached hydrogen (secondary N) is 1. The minimum absolute atomic E-state index is 0.564. The van der Waals surface area contributed by atoms with Gasteiger partial charge in [0.05, 0.1) is 5.60 Å². The fraction of sp³-hybridized carbons (Fsp3) is 0.571. The summed E-state index contributed by atoms with van der Waals surface area (Å²) in [5, 5.41) is 14.1. The first-order valence-corrected chi connectivity index (χ1v) is 6.18. The molecular formula is C14H19NO. The minimum atomic E-state index is -0.564. The van der Waals surface area contributed by atoms with E-state index < -0.39 is 5.60 Å². The van der Waals surface area contributed by atoms with Gasteiger partial charge in [-0.25, -0.2) is 0 Å². The fourth-order valence-corrected chi connectivity index (χ4v) is 3.32. The van der Waals surface area contributed by atoms with Gasteiger partial charge in [-0.15, -0.1) is 0 Å². The van der Waals surface area contributed by atoms with Crippen LogP contribution in [0.4, 0.5) is 0 Å². The molecule has 16 heavy (non-hydrogen) atoms. The van der Waals surface area contributed by atoms with Crippen LogP contribution < -0.4 is 5.32 Å². The summed E-state index contributed by atoms with van der Waals surface area (Å²) in [6, 6.07) is 8.37. The zero-order valence-corrected chi connectivity index (χ0v) is 9.74. The molecule has 2 fully saturated rings. The van der Waals surface area contributed by atoms with Crippen molar-refractivity contribution in [3.63, 3.8) is 0 Å². The van der Waals surface area contributed by atoms with Crippen molar-refractivity contribution >= 4 is 0 Å². The Morgan fingerprint density at radius 1 is 1.12 bits per heavy atom. The Labute approximate surface area is 96.7 Å². The fourth-order valence-electron chi connectivity index (χ4n) is 3.32. The quantitative estimate of drug-likeness (QED) is 0.752. The highest BCUT2D eigenvalue weighted by atomic mass is 16.3. The lowest BCUT2D eigenvalue weighted by Crippen LogP contribution is -2.25. The van der Waals surface area contributed by atoms with E-state index in [9.17, 15) is 5.11 Å². The zero-order chi connectivity index (χ0) is 11.2. The number of hydrogen-bond acceptors (Lipinski definition) is 2. The summed E-state index contributed by atoms with van der Waals surface area (Å²) >= 11 is 0. The van der Waals surface area contributed by atoms with Gasteiger partial charge in [-0.05, 0) is 50.3 Å². The standard InChI is InChI=1S/C14H19NO/c1-10-2-4-13(5-3-10)14(16)6-11-8-15-9-12(11)7-14/h2-5,11-12,15-16H,6-9H2,1H3. The highest BCUT2D eigenvalue weighted by Gasteiger charge is 2.46. The SMILES string of the molecule is Cc1ccc(C2(O)CC3CNCC3C2)cc1. The molecule has 0 bridgehead atoms. The van der Waals surface area contributed by atoms with Crippen molar-refractivity contribution in [2.24, 2.45) is 11.8 Å². The maximum absolute atomic E-state index is 10.7. The predicted molar refractivity (Wildman–Crippen MR) is 64.2 cm³/mol. The Balaban J connectivity index is 1.86. The Kier molecular flexibility index (Phi) is 2.30. The summed E-state index contributed by atoms with van der Waals surface area (Å²) in [5.74, 6) is 1.35. The van der Waals surface area contributed by atoms with Gasteiger partial charge in [0.1, 0.15) is 0 Å². The van der Waals surface area contributed by atoms with Crippen LogP contribution >= 0.6 is 0 Å². The molecule has 1 aromatic rings. The van der Waals surface area contributed by atoms with Gasteiger partial charge >= 0.3 is 0 Å². The summed E-state index contributed by atoms with van der Waals surface area (Å²) in [4.78, 5) is 0. The normalized spacial score (nSPS) is 37.6. The van der Waals surface area contributed by atoms with E-state index in [4.69, 9.17) is 0 Å². The minimum Gasteiger partial charge on any atom is -0.385 e. The Morgan fingerprint density at radius 3 is 2.25 bits per heavy atom. The summed E-state index contributed by atoms with van der Waals surface area (Å²) in [6.07, 6.45) is 1.85. The van der Waals surface area contributed by atoms with E-state index in [1.54, 1.807) is 0 Å². The summed E-state index contributed by atoms with van der Waals surface area (Å²) in [5.41, 5.74) is 1.80. The first-order chi connectivity index (χ1) is 7.67.